The molecule has 0 fully saturated rings. The van der Waals surface area contributed by atoms with Crippen molar-refractivity contribution in [3.05, 3.63) is 66.5 Å². The molecule has 8 nitrogen and oxygen atoms in total. The number of aryl methyl sites for hydroxylation is 1. The van der Waals surface area contributed by atoms with Crippen LogP contribution in [-0.4, -0.2) is 35.4 Å². The van der Waals surface area contributed by atoms with Crippen LogP contribution in [0.1, 0.15) is 12.6 Å². The Hall–Kier alpha value is -3.88. The van der Waals surface area contributed by atoms with Crippen molar-refractivity contribution >= 4 is 22.8 Å². The summed E-state index contributed by atoms with van der Waals surface area (Å²) in [6.07, 6.45) is 6.09. The number of carbonyl (C=O) groups is 1. The number of amides is 1. The third-order valence-corrected chi connectivity index (χ3v) is 4.02. The van der Waals surface area contributed by atoms with Crippen LogP contribution in [0.5, 0.6) is 0 Å². The number of hydrogen-bond acceptors (Lipinski definition) is 5. The molecular weight excluding hydrogens is 361 g/mol. The van der Waals surface area contributed by atoms with Gasteiger partial charge in [-0.25, -0.2) is 19.0 Å². The van der Waals surface area contributed by atoms with Crippen LogP contribution in [-0.2, 0) is 4.79 Å². The summed E-state index contributed by atoms with van der Waals surface area (Å²) in [6.45, 7) is 3.59. The fourth-order valence-electron chi connectivity index (χ4n) is 2.84. The zero-order chi connectivity index (χ0) is 19.7. The molecule has 9 heteroatoms. The van der Waals surface area contributed by atoms with Gasteiger partial charge in [-0.2, -0.15) is 14.9 Å². The highest BCUT2D eigenvalue weighted by molar-refractivity contribution is 5.99. The van der Waals surface area contributed by atoms with Crippen molar-refractivity contribution in [1.29, 1.82) is 0 Å². The lowest BCUT2D eigenvalue weighted by atomic mass is 10.3. The van der Waals surface area contributed by atoms with Crippen molar-refractivity contribution in [2.75, 3.05) is 5.32 Å². The standard InChI is InChI=1S/C19H16FN7O/c1-3-4-17(28)24-16-9-12(2)25-27(16)19-15-10-23-26(18(15)21-11-22-19)14-7-5-13(20)6-8-14/h3-11H,1-2H3,(H,24,28)/b4-3+. The number of benzene rings is 1. The number of allylic oxidation sites excluding steroid dienone is 1. The van der Waals surface area contributed by atoms with Gasteiger partial charge >= 0.3 is 0 Å². The molecule has 0 saturated carbocycles. The number of aromatic nitrogens is 6. The monoisotopic (exact) mass is 377 g/mol. The van der Waals surface area contributed by atoms with E-state index in [1.54, 1.807) is 42.1 Å². The first kappa shape index (κ1) is 17.5. The van der Waals surface area contributed by atoms with Gasteiger partial charge in [0.2, 0.25) is 5.91 Å². The predicted molar refractivity (Wildman–Crippen MR) is 102 cm³/mol. The highest BCUT2D eigenvalue weighted by Crippen LogP contribution is 2.24. The van der Waals surface area contributed by atoms with Crippen molar-refractivity contribution < 1.29 is 9.18 Å². The topological polar surface area (TPSA) is 90.5 Å². The smallest absolute Gasteiger partial charge is 0.249 e. The Bertz CT molecular complexity index is 1190. The van der Waals surface area contributed by atoms with Gasteiger partial charge in [0.05, 0.1) is 23.0 Å². The molecule has 1 aromatic carbocycles. The largest absolute Gasteiger partial charge is 0.307 e. The minimum atomic E-state index is -0.330. The fourth-order valence-corrected chi connectivity index (χ4v) is 2.84. The quantitative estimate of drug-likeness (QED) is 0.552. The van der Waals surface area contributed by atoms with Gasteiger partial charge in [0.1, 0.15) is 18.0 Å². The van der Waals surface area contributed by atoms with Gasteiger partial charge in [-0.3, -0.25) is 4.79 Å². The molecule has 28 heavy (non-hydrogen) atoms. The third kappa shape index (κ3) is 3.13. The molecule has 0 saturated heterocycles. The molecule has 4 aromatic rings. The first-order valence-corrected chi connectivity index (χ1v) is 8.52. The van der Waals surface area contributed by atoms with E-state index >= 15 is 0 Å². The van der Waals surface area contributed by atoms with E-state index < -0.39 is 0 Å². The van der Waals surface area contributed by atoms with E-state index in [2.05, 4.69) is 25.5 Å². The van der Waals surface area contributed by atoms with Crippen LogP contribution < -0.4 is 5.32 Å². The number of nitrogens with zero attached hydrogens (tertiary/aromatic N) is 6. The third-order valence-electron chi connectivity index (χ3n) is 4.02. The molecule has 1 N–H and O–H groups in total. The van der Waals surface area contributed by atoms with Crippen molar-refractivity contribution in [3.63, 3.8) is 0 Å². The van der Waals surface area contributed by atoms with Gasteiger partial charge in [-0.05, 0) is 44.2 Å². The molecule has 0 aliphatic rings. The normalized spacial score (nSPS) is 11.4. The molecule has 3 aromatic heterocycles. The van der Waals surface area contributed by atoms with E-state index in [1.807, 2.05) is 6.92 Å². The van der Waals surface area contributed by atoms with Gasteiger partial charge in [0, 0.05) is 6.07 Å². The summed E-state index contributed by atoms with van der Waals surface area (Å²) in [5.74, 6) is 0.359. The first-order valence-electron chi connectivity index (χ1n) is 8.52. The van der Waals surface area contributed by atoms with Crippen LogP contribution >= 0.6 is 0 Å². The number of fused-ring (bicyclic) bond motifs is 1. The maximum absolute atomic E-state index is 13.2. The molecule has 140 valence electrons. The maximum Gasteiger partial charge on any atom is 0.249 e. The summed E-state index contributed by atoms with van der Waals surface area (Å²) < 4.78 is 16.4. The zero-order valence-corrected chi connectivity index (χ0v) is 15.2. The predicted octanol–water partition coefficient (Wildman–Crippen LogP) is 2.96. The Morgan fingerprint density at radius 2 is 1.96 bits per heavy atom. The molecule has 0 radical (unpaired) electrons. The Morgan fingerprint density at radius 1 is 1.18 bits per heavy atom. The second-order valence-corrected chi connectivity index (χ2v) is 6.04. The summed E-state index contributed by atoms with van der Waals surface area (Å²) in [4.78, 5) is 20.6. The average Bonchev–Trinajstić information content (AvgIpc) is 3.26. The molecule has 0 atom stereocenters. The first-order chi connectivity index (χ1) is 13.6. The lowest BCUT2D eigenvalue weighted by molar-refractivity contribution is -0.111. The van der Waals surface area contributed by atoms with Crippen LogP contribution in [0.4, 0.5) is 10.2 Å². The van der Waals surface area contributed by atoms with Crippen LogP contribution in [0, 0.1) is 12.7 Å². The number of rotatable bonds is 4. The van der Waals surface area contributed by atoms with Gasteiger partial charge < -0.3 is 5.32 Å². The van der Waals surface area contributed by atoms with Crippen molar-refractivity contribution in [3.8, 4) is 11.5 Å². The zero-order valence-electron chi connectivity index (χ0n) is 15.2. The minimum Gasteiger partial charge on any atom is -0.307 e. The summed E-state index contributed by atoms with van der Waals surface area (Å²) in [7, 11) is 0. The Kier molecular flexibility index (Phi) is 4.40. The minimum absolute atomic E-state index is 0.268. The van der Waals surface area contributed by atoms with Crippen molar-refractivity contribution in [2.24, 2.45) is 0 Å². The van der Waals surface area contributed by atoms with Crippen LogP contribution in [0.3, 0.4) is 0 Å². The molecule has 0 aliphatic carbocycles. The number of anilines is 1. The molecule has 0 bridgehead atoms. The molecule has 0 aliphatic heterocycles. The molecular formula is C19H16FN7O. The fraction of sp³-hybridized carbons (Fsp3) is 0.105. The molecule has 0 spiro atoms. The van der Waals surface area contributed by atoms with Crippen LogP contribution in [0.15, 0.2) is 55.0 Å². The van der Waals surface area contributed by atoms with Crippen molar-refractivity contribution in [2.45, 2.75) is 13.8 Å². The number of carbonyl (C=O) groups excluding carboxylic acids is 1. The van der Waals surface area contributed by atoms with Gasteiger partial charge in [-0.15, -0.1) is 0 Å². The average molecular weight is 377 g/mol. The highest BCUT2D eigenvalue weighted by atomic mass is 19.1. The molecule has 4 rings (SSSR count). The van der Waals surface area contributed by atoms with E-state index in [4.69, 9.17) is 0 Å². The summed E-state index contributed by atoms with van der Waals surface area (Å²) in [5, 5.41) is 12.2. The SMILES string of the molecule is C/C=C/C(=O)Nc1cc(C)nn1-c1ncnc2c1cnn2-c1ccc(F)cc1. The van der Waals surface area contributed by atoms with Gasteiger partial charge in [0.25, 0.3) is 0 Å². The molecule has 1 amide bonds. The van der Waals surface area contributed by atoms with E-state index in [-0.39, 0.29) is 11.7 Å². The molecule has 0 unspecified atom stereocenters. The number of nitrogens with one attached hydrogen (secondary N) is 1. The van der Waals surface area contributed by atoms with Crippen molar-refractivity contribution in [1.82, 2.24) is 29.5 Å². The lowest BCUT2D eigenvalue weighted by Crippen LogP contribution is -2.13. The van der Waals surface area contributed by atoms with Crippen LogP contribution in [0.2, 0.25) is 0 Å². The second kappa shape index (κ2) is 7.03. The highest BCUT2D eigenvalue weighted by Gasteiger charge is 2.17. The summed E-state index contributed by atoms with van der Waals surface area (Å²) in [6, 6.07) is 7.70. The van der Waals surface area contributed by atoms with E-state index in [0.717, 1.165) is 0 Å². The second-order valence-electron chi connectivity index (χ2n) is 6.04. The Labute approximate surface area is 159 Å². The maximum atomic E-state index is 13.2. The summed E-state index contributed by atoms with van der Waals surface area (Å²) >= 11 is 0. The summed E-state index contributed by atoms with van der Waals surface area (Å²) in [5.41, 5.74) is 1.92. The Balaban J connectivity index is 1.83. The van der Waals surface area contributed by atoms with E-state index in [9.17, 15) is 9.18 Å². The Morgan fingerprint density at radius 3 is 2.71 bits per heavy atom. The van der Waals surface area contributed by atoms with Crippen LogP contribution in [0.25, 0.3) is 22.5 Å². The number of halogens is 1. The lowest BCUT2D eigenvalue weighted by Gasteiger charge is -2.08. The van der Waals surface area contributed by atoms with E-state index in [1.165, 1.54) is 29.2 Å². The van der Waals surface area contributed by atoms with E-state index in [0.29, 0.717) is 34.1 Å². The van der Waals surface area contributed by atoms with Gasteiger partial charge in [-0.1, -0.05) is 6.08 Å². The number of hydrogen-bond donors (Lipinski definition) is 1. The molecule has 3 heterocycles. The van der Waals surface area contributed by atoms with Gasteiger partial charge in [0.15, 0.2) is 11.5 Å².